The van der Waals surface area contributed by atoms with Crippen molar-refractivity contribution >= 4 is 45.8 Å². The number of benzene rings is 2. The van der Waals surface area contributed by atoms with Gasteiger partial charge in [-0.15, -0.1) is 11.3 Å². The number of carbonyl (C=O) groups is 2. The monoisotopic (exact) mass is 623 g/mol. The molecule has 2 heterocycles. The maximum Gasteiger partial charge on any atom is 0.490 e. The highest BCUT2D eigenvalue weighted by Crippen LogP contribution is 2.34. The van der Waals surface area contributed by atoms with Gasteiger partial charge in [0.1, 0.15) is 11.3 Å². The molecular weight excluding hydrogens is 591 g/mol. The Bertz CT molecular complexity index is 1540. The largest absolute Gasteiger partial charge is 0.490 e. The molecule has 8 nitrogen and oxygen atoms in total. The summed E-state index contributed by atoms with van der Waals surface area (Å²) >= 11 is 7.83. The number of amides is 1. The van der Waals surface area contributed by atoms with Crippen LogP contribution in [0.15, 0.2) is 54.9 Å². The molecule has 42 heavy (non-hydrogen) atoms. The van der Waals surface area contributed by atoms with Crippen molar-refractivity contribution in [2.45, 2.75) is 32.0 Å². The van der Waals surface area contributed by atoms with E-state index in [4.69, 9.17) is 27.2 Å². The van der Waals surface area contributed by atoms with Crippen LogP contribution >= 0.6 is 22.9 Å². The molecule has 1 atom stereocenters. The van der Waals surface area contributed by atoms with Crippen LogP contribution in [-0.2, 0) is 17.8 Å². The van der Waals surface area contributed by atoms with Crippen molar-refractivity contribution < 1.29 is 27.9 Å². The Hall–Kier alpha value is -3.45. The van der Waals surface area contributed by atoms with Crippen molar-refractivity contribution in [2.24, 2.45) is 5.73 Å². The number of hydrogen-bond acceptors (Lipinski definition) is 6. The Balaban J connectivity index is 0.000000616. The van der Waals surface area contributed by atoms with Crippen LogP contribution in [0.25, 0.3) is 16.0 Å². The second-order valence-electron chi connectivity index (χ2n) is 10.2. The van der Waals surface area contributed by atoms with Gasteiger partial charge in [0.2, 0.25) is 0 Å². The molecule has 1 amide bonds. The fourth-order valence-corrected chi connectivity index (χ4v) is 5.65. The van der Waals surface area contributed by atoms with Gasteiger partial charge in [-0.3, -0.25) is 9.36 Å². The molecule has 4 rings (SSSR count). The van der Waals surface area contributed by atoms with E-state index in [1.807, 2.05) is 30.6 Å². The number of likely N-dealkylation sites (N-methyl/N-ethyl adjacent to an activating group) is 2. The average molecular weight is 624 g/mol. The van der Waals surface area contributed by atoms with Crippen LogP contribution in [-0.4, -0.2) is 76.7 Å². The van der Waals surface area contributed by atoms with Gasteiger partial charge in [0.15, 0.2) is 0 Å². The summed E-state index contributed by atoms with van der Waals surface area (Å²) < 4.78 is 33.8. The zero-order chi connectivity index (χ0) is 31.2. The smallest absolute Gasteiger partial charge is 0.475 e. The minimum Gasteiger partial charge on any atom is -0.475 e. The van der Waals surface area contributed by atoms with E-state index in [1.165, 1.54) is 16.9 Å². The predicted molar refractivity (Wildman–Crippen MR) is 160 cm³/mol. The molecule has 0 spiro atoms. The third-order valence-electron chi connectivity index (χ3n) is 6.46. The first kappa shape index (κ1) is 33.1. The number of nitrogens with zero attached hydrogens (tertiary/aromatic N) is 4. The topological polar surface area (TPSA) is 105 Å². The molecule has 0 saturated carbocycles. The standard InChI is InChI=1S/C27H32ClN5OS.C2HF3O2/c1-18(21-7-5-6-8-22(21)28)13-20-15-25(35-26(20)27(29)34)33-17-30-23-10-9-19(14-24(23)33)16-32(4)12-11-31(2)3;3-2(4,5)1(6)7/h5-10,14-15,17-18H,11-13,16H2,1-4H3,(H2,29,34);(H,6,7). The van der Waals surface area contributed by atoms with Gasteiger partial charge in [-0.2, -0.15) is 13.2 Å². The van der Waals surface area contributed by atoms with Crippen LogP contribution in [0.1, 0.15) is 39.2 Å². The van der Waals surface area contributed by atoms with E-state index >= 15 is 0 Å². The number of carboxylic acids is 1. The predicted octanol–water partition coefficient (Wildman–Crippen LogP) is 5.81. The summed E-state index contributed by atoms with van der Waals surface area (Å²) in [4.78, 5) is 30.9. The van der Waals surface area contributed by atoms with Crippen molar-refractivity contribution in [1.29, 1.82) is 0 Å². The summed E-state index contributed by atoms with van der Waals surface area (Å²) in [6, 6.07) is 16.3. The molecule has 0 saturated heterocycles. The lowest BCUT2D eigenvalue weighted by atomic mass is 9.94. The second-order valence-corrected chi connectivity index (χ2v) is 11.6. The number of aliphatic carboxylic acids is 1. The lowest BCUT2D eigenvalue weighted by Crippen LogP contribution is -2.28. The zero-order valence-electron chi connectivity index (χ0n) is 23.7. The first-order chi connectivity index (χ1) is 19.7. The van der Waals surface area contributed by atoms with E-state index in [-0.39, 0.29) is 5.92 Å². The molecule has 0 aliphatic rings. The van der Waals surface area contributed by atoms with Gasteiger partial charge in [0.05, 0.1) is 15.9 Å². The molecule has 0 bridgehead atoms. The highest BCUT2D eigenvalue weighted by molar-refractivity contribution is 7.16. The number of imidazole rings is 1. The van der Waals surface area contributed by atoms with Crippen LogP contribution in [0.2, 0.25) is 5.02 Å². The lowest BCUT2D eigenvalue weighted by molar-refractivity contribution is -0.192. The molecule has 1 unspecified atom stereocenters. The number of primary amides is 1. The van der Waals surface area contributed by atoms with Gasteiger partial charge in [-0.05, 0) is 74.4 Å². The molecule has 0 aliphatic heterocycles. The number of hydrogen-bond donors (Lipinski definition) is 2. The SMILES string of the molecule is CC(Cc1cc(-n2cnc3ccc(CN(C)CCN(C)C)cc32)sc1C(N)=O)c1ccccc1Cl.O=C(O)C(F)(F)F. The Labute approximate surface area is 251 Å². The molecule has 4 aromatic rings. The number of carboxylic acid groups (broad SMARTS) is 1. The lowest BCUT2D eigenvalue weighted by Gasteiger charge is -2.19. The second kappa shape index (κ2) is 14.1. The zero-order valence-corrected chi connectivity index (χ0v) is 25.2. The van der Waals surface area contributed by atoms with Crippen LogP contribution in [0, 0.1) is 0 Å². The Kier molecular flexibility index (Phi) is 11.1. The number of nitrogens with two attached hydrogens (primary N) is 1. The van der Waals surface area contributed by atoms with E-state index in [2.05, 4.69) is 71.7 Å². The third kappa shape index (κ3) is 8.78. The molecule has 13 heteroatoms. The highest BCUT2D eigenvalue weighted by Gasteiger charge is 2.38. The maximum atomic E-state index is 12.3. The Morgan fingerprint density at radius 2 is 1.79 bits per heavy atom. The van der Waals surface area contributed by atoms with Crippen LogP contribution < -0.4 is 5.73 Å². The number of halogens is 4. The van der Waals surface area contributed by atoms with Crippen molar-refractivity contribution in [2.75, 3.05) is 34.2 Å². The minimum atomic E-state index is -5.08. The highest BCUT2D eigenvalue weighted by atomic mass is 35.5. The summed E-state index contributed by atoms with van der Waals surface area (Å²) in [6.07, 6.45) is -2.59. The van der Waals surface area contributed by atoms with Gasteiger partial charge in [-0.25, -0.2) is 9.78 Å². The number of rotatable bonds is 10. The minimum absolute atomic E-state index is 0.146. The summed E-state index contributed by atoms with van der Waals surface area (Å²) in [6.45, 7) is 4.98. The van der Waals surface area contributed by atoms with Crippen LogP contribution in [0.4, 0.5) is 13.2 Å². The molecule has 2 aromatic carbocycles. The van der Waals surface area contributed by atoms with E-state index < -0.39 is 18.1 Å². The normalized spacial score (nSPS) is 12.4. The number of thiophene rings is 1. The molecule has 3 N–H and O–H groups in total. The van der Waals surface area contributed by atoms with Crippen LogP contribution in [0.3, 0.4) is 0 Å². The molecule has 2 aromatic heterocycles. The fourth-order valence-electron chi connectivity index (χ4n) is 4.30. The molecule has 0 radical (unpaired) electrons. The summed E-state index contributed by atoms with van der Waals surface area (Å²) in [7, 11) is 6.31. The Morgan fingerprint density at radius 1 is 1.12 bits per heavy atom. The molecular formula is C29H33ClF3N5O3S. The van der Waals surface area contributed by atoms with Crippen molar-refractivity contribution in [3.8, 4) is 5.00 Å². The fraction of sp³-hybridized carbons (Fsp3) is 0.345. The third-order valence-corrected chi connectivity index (χ3v) is 7.99. The Morgan fingerprint density at radius 3 is 2.38 bits per heavy atom. The summed E-state index contributed by atoms with van der Waals surface area (Å²) in [5.41, 5.74) is 10.9. The molecule has 0 fully saturated rings. The molecule has 0 aliphatic carbocycles. The number of alkyl halides is 3. The number of fused-ring (bicyclic) bond motifs is 1. The molecule has 226 valence electrons. The van der Waals surface area contributed by atoms with Crippen LogP contribution in [0.5, 0.6) is 0 Å². The van der Waals surface area contributed by atoms with Gasteiger partial charge in [-0.1, -0.05) is 42.8 Å². The van der Waals surface area contributed by atoms with Crippen molar-refractivity contribution in [3.63, 3.8) is 0 Å². The van der Waals surface area contributed by atoms with Gasteiger partial charge >= 0.3 is 12.1 Å². The summed E-state index contributed by atoms with van der Waals surface area (Å²) in [5.74, 6) is -3.02. The van der Waals surface area contributed by atoms with Gasteiger partial charge in [0.25, 0.3) is 5.91 Å². The quantitative estimate of drug-likeness (QED) is 0.231. The first-order valence-electron chi connectivity index (χ1n) is 12.9. The summed E-state index contributed by atoms with van der Waals surface area (Å²) in [5, 5.41) is 8.79. The average Bonchev–Trinajstić information content (AvgIpc) is 3.51. The van der Waals surface area contributed by atoms with E-state index in [1.54, 1.807) is 0 Å². The van der Waals surface area contributed by atoms with E-state index in [0.717, 1.165) is 51.8 Å². The van der Waals surface area contributed by atoms with Gasteiger partial charge in [0, 0.05) is 24.7 Å². The van der Waals surface area contributed by atoms with Gasteiger partial charge < -0.3 is 20.6 Å². The number of aromatic nitrogens is 2. The van der Waals surface area contributed by atoms with E-state index in [0.29, 0.717) is 11.3 Å². The maximum absolute atomic E-state index is 12.3. The van der Waals surface area contributed by atoms with E-state index in [9.17, 15) is 18.0 Å². The van der Waals surface area contributed by atoms with Crippen molar-refractivity contribution in [3.05, 3.63) is 81.4 Å². The van der Waals surface area contributed by atoms with Crippen molar-refractivity contribution in [1.82, 2.24) is 19.4 Å². The first-order valence-corrected chi connectivity index (χ1v) is 14.1. The number of carbonyl (C=O) groups excluding carboxylic acids is 1.